The minimum Gasteiger partial charge on any atom is -0.508 e. The maximum atomic E-state index is 12.7. The molecule has 2 fully saturated rings. The molecule has 4 heterocycles. The fraction of sp³-hybridized carbons (Fsp3) is 0.525. The Balaban J connectivity index is 0.000000309. The molecule has 17 heteroatoms. The van der Waals surface area contributed by atoms with Crippen molar-refractivity contribution in [2.45, 2.75) is 139 Å². The average Bonchev–Trinajstić information content (AvgIpc) is 3.97. The molecular formula is C59H89ClN10O6. The van der Waals surface area contributed by atoms with Gasteiger partial charge in [-0.25, -0.2) is 28.9 Å². The Morgan fingerprint density at radius 1 is 0.526 bits per heavy atom. The van der Waals surface area contributed by atoms with Gasteiger partial charge in [-0.3, -0.25) is 9.80 Å². The minimum absolute atomic E-state index is 0. The number of halogens is 1. The van der Waals surface area contributed by atoms with E-state index in [2.05, 4.69) is 53.8 Å². The van der Waals surface area contributed by atoms with Crippen molar-refractivity contribution in [2.24, 2.45) is 0 Å². The van der Waals surface area contributed by atoms with Crippen LogP contribution in [0.15, 0.2) is 82.4 Å². The van der Waals surface area contributed by atoms with Crippen LogP contribution in [0.4, 0.5) is 0 Å². The second-order valence-electron chi connectivity index (χ2n) is 20.2. The summed E-state index contributed by atoms with van der Waals surface area (Å²) in [5, 5.41) is 54.8. The van der Waals surface area contributed by atoms with Crippen LogP contribution >= 0.6 is 12.4 Å². The lowest BCUT2D eigenvalue weighted by Crippen LogP contribution is -2.46. The molecule has 0 spiro atoms. The SMILES string of the molecule is C.CCCCCCN1CCN(Cc2ccc(-n3c(-c4cc(C(C)C)c(O)cc4O)n[nH]c3=O)cc2)CC1.CCCCCCN1CCN(Cc2ccc(-n3c(-c4cc(C(C)C)c(O)cc4O)n[nH]c3=O)cc2)CC1.Cl.[2H]CC. The first-order chi connectivity index (χ1) is 36.1. The largest absolute Gasteiger partial charge is 0.508 e. The molecule has 2 aromatic heterocycles. The number of aromatic nitrogens is 6. The molecule has 4 aromatic carbocycles. The summed E-state index contributed by atoms with van der Waals surface area (Å²) in [7, 11) is 0. The van der Waals surface area contributed by atoms with Crippen molar-refractivity contribution in [2.75, 3.05) is 65.4 Å². The highest BCUT2D eigenvalue weighted by molar-refractivity contribution is 5.85. The van der Waals surface area contributed by atoms with Crippen LogP contribution in [0, 0.1) is 0 Å². The van der Waals surface area contributed by atoms with Crippen molar-refractivity contribution in [3.8, 4) is 57.1 Å². The summed E-state index contributed by atoms with van der Waals surface area (Å²) in [5.74, 6) is 0.507. The zero-order valence-electron chi connectivity index (χ0n) is 46.5. The lowest BCUT2D eigenvalue weighted by atomic mass is 9.98. The molecule has 2 aliphatic rings. The second-order valence-corrected chi connectivity index (χ2v) is 20.2. The van der Waals surface area contributed by atoms with E-state index in [1.165, 1.54) is 96.8 Å². The first kappa shape index (κ1) is 60.9. The van der Waals surface area contributed by atoms with Gasteiger partial charge >= 0.3 is 11.4 Å². The van der Waals surface area contributed by atoms with Crippen molar-refractivity contribution < 1.29 is 21.8 Å². The molecule has 418 valence electrons. The minimum atomic E-state index is -0.383. The molecule has 76 heavy (non-hydrogen) atoms. The Morgan fingerprint density at radius 3 is 1.17 bits per heavy atom. The number of aromatic hydroxyl groups is 4. The Morgan fingerprint density at radius 2 is 0.855 bits per heavy atom. The third kappa shape index (κ3) is 16.5. The van der Waals surface area contributed by atoms with E-state index in [1.807, 2.05) is 76.2 Å². The highest BCUT2D eigenvalue weighted by atomic mass is 35.5. The van der Waals surface area contributed by atoms with E-state index in [4.69, 9.17) is 1.37 Å². The molecule has 16 nitrogen and oxygen atoms in total. The molecule has 0 bridgehead atoms. The number of nitrogens with zero attached hydrogens (tertiary/aromatic N) is 8. The summed E-state index contributed by atoms with van der Waals surface area (Å²) >= 11 is 0. The highest BCUT2D eigenvalue weighted by Gasteiger charge is 2.23. The van der Waals surface area contributed by atoms with Crippen LogP contribution < -0.4 is 11.4 Å². The molecule has 0 aliphatic carbocycles. The van der Waals surface area contributed by atoms with Crippen LogP contribution in [0.2, 0.25) is 0 Å². The van der Waals surface area contributed by atoms with Crippen molar-refractivity contribution in [1.82, 2.24) is 49.1 Å². The number of rotatable bonds is 20. The van der Waals surface area contributed by atoms with Crippen molar-refractivity contribution in [3.63, 3.8) is 0 Å². The van der Waals surface area contributed by atoms with Gasteiger partial charge in [0, 0.05) is 79.0 Å². The Kier molecular flexibility index (Phi) is 24.6. The van der Waals surface area contributed by atoms with Crippen molar-refractivity contribution >= 4 is 12.4 Å². The molecule has 0 saturated carbocycles. The van der Waals surface area contributed by atoms with E-state index in [-0.39, 0.29) is 66.0 Å². The molecule has 2 saturated heterocycles. The van der Waals surface area contributed by atoms with Gasteiger partial charge in [0.05, 0.1) is 22.5 Å². The molecule has 0 unspecified atom stereocenters. The van der Waals surface area contributed by atoms with Gasteiger partial charge in [-0.1, -0.05) is 126 Å². The third-order valence-electron chi connectivity index (χ3n) is 14.1. The summed E-state index contributed by atoms with van der Waals surface area (Å²) < 4.78 is 9.12. The molecule has 6 N–H and O–H groups in total. The zero-order chi connectivity index (χ0) is 54.0. The number of aromatic amines is 2. The third-order valence-corrected chi connectivity index (χ3v) is 14.1. The number of hydrogen-bond acceptors (Lipinski definition) is 12. The number of piperazine rings is 2. The zero-order valence-corrected chi connectivity index (χ0v) is 46.3. The molecule has 8 rings (SSSR count). The van der Waals surface area contributed by atoms with Gasteiger partial charge < -0.3 is 30.2 Å². The van der Waals surface area contributed by atoms with E-state index in [1.54, 1.807) is 19.1 Å². The maximum Gasteiger partial charge on any atom is 0.348 e. The van der Waals surface area contributed by atoms with Gasteiger partial charge in [0.25, 0.3) is 0 Å². The Hall–Kier alpha value is -5.91. The lowest BCUT2D eigenvalue weighted by molar-refractivity contribution is 0.125. The molecule has 0 amide bonds. The monoisotopic (exact) mass is 1070 g/mol. The number of phenols is 4. The van der Waals surface area contributed by atoms with Crippen LogP contribution in [-0.4, -0.2) is 135 Å². The number of hydrogen-bond donors (Lipinski definition) is 6. The average molecular weight is 1070 g/mol. The number of unbranched alkanes of at least 4 members (excludes halogenated alkanes) is 6. The van der Waals surface area contributed by atoms with Gasteiger partial charge in [0.1, 0.15) is 23.0 Å². The normalized spacial score (nSPS) is 14.6. The predicted molar refractivity (Wildman–Crippen MR) is 311 cm³/mol. The van der Waals surface area contributed by atoms with Gasteiger partial charge in [0.2, 0.25) is 0 Å². The number of H-pyrrole nitrogens is 2. The second kappa shape index (κ2) is 30.7. The van der Waals surface area contributed by atoms with Crippen LogP contribution in [0.1, 0.15) is 150 Å². The smallest absolute Gasteiger partial charge is 0.348 e. The molecular weight excluding hydrogens is 980 g/mol. The van der Waals surface area contributed by atoms with Crippen LogP contribution in [0.5, 0.6) is 23.0 Å². The standard InChI is InChI=1S/2C28H39N5O3.C2H6.CH4.ClH/c2*1-4-5-6-7-12-31-13-15-32(16-14-31)19-21-8-10-22(11-9-21)33-27(29-30-28(33)36)24-17-23(20(2)3)25(34)18-26(24)35;1-2;;/h2*8-11,17-18,20,34-35H,4-7,12-16,19H2,1-3H3,(H,30,36);1-2H3;1H4;1H/i;;1D;;. The topological polar surface area (TPSA) is 195 Å². The number of benzene rings is 4. The quantitative estimate of drug-likeness (QED) is 0.0397. The van der Waals surface area contributed by atoms with Crippen LogP contribution in [-0.2, 0) is 13.1 Å². The van der Waals surface area contributed by atoms with Gasteiger partial charge in [-0.15, -0.1) is 12.4 Å². The summed E-state index contributed by atoms with van der Waals surface area (Å²) in [4.78, 5) is 35.4. The van der Waals surface area contributed by atoms with Gasteiger partial charge in [0.15, 0.2) is 11.6 Å². The fourth-order valence-electron chi connectivity index (χ4n) is 9.79. The molecule has 0 atom stereocenters. The summed E-state index contributed by atoms with van der Waals surface area (Å²) in [6.45, 7) is 27.6. The molecule has 6 aromatic rings. The lowest BCUT2D eigenvalue weighted by Gasteiger charge is -2.34. The van der Waals surface area contributed by atoms with Crippen molar-refractivity contribution in [1.29, 1.82) is 0 Å². The predicted octanol–water partition coefficient (Wildman–Crippen LogP) is 11.0. The Bertz CT molecular complexity index is 2610. The highest BCUT2D eigenvalue weighted by Crippen LogP contribution is 2.39. The number of phenolic OH excluding ortho intramolecular Hbond substituents is 4. The fourth-order valence-corrected chi connectivity index (χ4v) is 9.79. The molecule has 0 radical (unpaired) electrons. The van der Waals surface area contributed by atoms with E-state index < -0.39 is 0 Å². The van der Waals surface area contributed by atoms with Gasteiger partial charge in [-0.2, -0.15) is 10.2 Å². The summed E-state index contributed by atoms with van der Waals surface area (Å²) in [6, 6.07) is 21.9. The molecule has 2 aliphatic heterocycles. The van der Waals surface area contributed by atoms with E-state index in [0.29, 0.717) is 52.2 Å². The van der Waals surface area contributed by atoms with Crippen LogP contribution in [0.25, 0.3) is 34.2 Å². The first-order valence-corrected chi connectivity index (χ1v) is 27.0. The maximum absolute atomic E-state index is 12.7. The van der Waals surface area contributed by atoms with Crippen LogP contribution in [0.3, 0.4) is 0 Å². The van der Waals surface area contributed by atoms with E-state index >= 15 is 0 Å². The summed E-state index contributed by atoms with van der Waals surface area (Å²) in [6.07, 6.45) is 10.5. The van der Waals surface area contributed by atoms with E-state index in [9.17, 15) is 30.0 Å². The number of nitrogens with one attached hydrogen (secondary N) is 2. The first-order valence-electron chi connectivity index (χ1n) is 27.7. The van der Waals surface area contributed by atoms with Crippen molar-refractivity contribution in [3.05, 3.63) is 116 Å². The summed E-state index contributed by atoms with van der Waals surface area (Å²) in [5.41, 5.74) is 5.12. The Labute approximate surface area is 459 Å². The van der Waals surface area contributed by atoms with Gasteiger partial charge in [-0.05, 0) is 96.4 Å². The van der Waals surface area contributed by atoms with E-state index in [0.717, 1.165) is 65.4 Å².